The smallest absolute Gasteiger partial charge is 0.220 e. The number of carbonyl (C=O) groups excluding carboxylic acids is 1. The van der Waals surface area contributed by atoms with E-state index in [0.717, 1.165) is 10.5 Å². The highest BCUT2D eigenvalue weighted by atomic mass is 32.1. The Morgan fingerprint density at radius 2 is 2.23 bits per heavy atom. The van der Waals surface area contributed by atoms with E-state index in [1.54, 1.807) is 17.5 Å². The molecule has 0 bridgehead atoms. The fourth-order valence-corrected chi connectivity index (χ4v) is 3.30. The number of nitrogens with one attached hydrogen (secondary N) is 1. The zero-order chi connectivity index (χ0) is 15.4. The summed E-state index contributed by atoms with van der Waals surface area (Å²) < 4.78 is 2.99. The Hall–Kier alpha value is -2.21. The SMILES string of the molecule is C[C@@H](Cn1cccn1)NC(=O)CCc1nc2ccccc2s1. The quantitative estimate of drug-likeness (QED) is 0.761. The number of hydrogen-bond acceptors (Lipinski definition) is 4. The van der Waals surface area contributed by atoms with Crippen LogP contribution in [-0.4, -0.2) is 26.7 Å². The Morgan fingerprint density at radius 3 is 3.00 bits per heavy atom. The molecule has 1 amide bonds. The van der Waals surface area contributed by atoms with Crippen molar-refractivity contribution in [2.24, 2.45) is 0 Å². The number of amides is 1. The van der Waals surface area contributed by atoms with Crippen molar-refractivity contribution in [1.29, 1.82) is 0 Å². The standard InChI is InChI=1S/C16H18N4OS/c1-12(11-20-10-4-9-17-20)18-15(21)7-8-16-19-13-5-2-3-6-14(13)22-16/h2-6,9-10,12H,7-8,11H2,1H3,(H,18,21)/t12-/m0/s1. The summed E-state index contributed by atoms with van der Waals surface area (Å²) in [6, 6.07) is 9.98. The second kappa shape index (κ2) is 6.70. The van der Waals surface area contributed by atoms with Gasteiger partial charge in [-0.2, -0.15) is 5.10 Å². The number of hydrogen-bond donors (Lipinski definition) is 1. The minimum atomic E-state index is 0.0545. The van der Waals surface area contributed by atoms with Crippen LogP contribution in [0.4, 0.5) is 0 Å². The van der Waals surface area contributed by atoms with Gasteiger partial charge in [0.2, 0.25) is 5.91 Å². The molecule has 0 fully saturated rings. The molecule has 0 unspecified atom stereocenters. The van der Waals surface area contributed by atoms with Crippen molar-refractivity contribution in [2.75, 3.05) is 0 Å². The first-order chi connectivity index (χ1) is 10.7. The number of aromatic nitrogens is 3. The van der Waals surface area contributed by atoms with Gasteiger partial charge in [0.05, 0.1) is 21.8 Å². The van der Waals surface area contributed by atoms with E-state index in [1.807, 2.05) is 42.1 Å². The molecule has 0 spiro atoms. The van der Waals surface area contributed by atoms with Crippen LogP contribution in [0, 0.1) is 0 Å². The Bertz CT molecular complexity index is 717. The number of carbonyl (C=O) groups is 1. The highest BCUT2D eigenvalue weighted by Gasteiger charge is 2.10. The highest BCUT2D eigenvalue weighted by molar-refractivity contribution is 7.18. The van der Waals surface area contributed by atoms with Crippen LogP contribution in [0.15, 0.2) is 42.7 Å². The topological polar surface area (TPSA) is 59.8 Å². The second-order valence-corrected chi connectivity index (χ2v) is 6.39. The first kappa shape index (κ1) is 14.7. The van der Waals surface area contributed by atoms with E-state index in [9.17, 15) is 4.79 Å². The van der Waals surface area contributed by atoms with Gasteiger partial charge in [0, 0.05) is 31.3 Å². The van der Waals surface area contributed by atoms with Gasteiger partial charge in [-0.25, -0.2) is 4.98 Å². The van der Waals surface area contributed by atoms with Gasteiger partial charge in [-0.1, -0.05) is 12.1 Å². The Kier molecular flexibility index (Phi) is 4.48. The number of thiazole rings is 1. The molecule has 3 aromatic rings. The van der Waals surface area contributed by atoms with E-state index in [1.165, 1.54) is 4.70 Å². The molecule has 1 aromatic carbocycles. The van der Waals surface area contributed by atoms with Gasteiger partial charge in [0.25, 0.3) is 0 Å². The van der Waals surface area contributed by atoms with Crippen LogP contribution >= 0.6 is 11.3 Å². The van der Waals surface area contributed by atoms with Gasteiger partial charge in [0.1, 0.15) is 0 Å². The fourth-order valence-electron chi connectivity index (χ4n) is 2.33. The second-order valence-electron chi connectivity index (χ2n) is 5.27. The summed E-state index contributed by atoms with van der Waals surface area (Å²) in [6.07, 6.45) is 4.77. The van der Waals surface area contributed by atoms with Crippen LogP contribution in [0.1, 0.15) is 18.4 Å². The van der Waals surface area contributed by atoms with Gasteiger partial charge < -0.3 is 5.32 Å². The number of nitrogens with zero attached hydrogens (tertiary/aromatic N) is 3. The fraction of sp³-hybridized carbons (Fsp3) is 0.312. The lowest BCUT2D eigenvalue weighted by atomic mass is 10.2. The minimum absolute atomic E-state index is 0.0545. The zero-order valence-corrected chi connectivity index (χ0v) is 13.2. The Labute approximate surface area is 133 Å². The summed E-state index contributed by atoms with van der Waals surface area (Å²) in [5.74, 6) is 0.0545. The normalized spacial score (nSPS) is 12.4. The average Bonchev–Trinajstić information content (AvgIpc) is 3.13. The third-order valence-corrected chi connectivity index (χ3v) is 4.43. The molecule has 6 heteroatoms. The summed E-state index contributed by atoms with van der Waals surface area (Å²) in [5, 5.41) is 8.15. The molecule has 114 valence electrons. The summed E-state index contributed by atoms with van der Waals surface area (Å²) >= 11 is 1.66. The van der Waals surface area contributed by atoms with Crippen molar-refractivity contribution in [3.8, 4) is 0 Å². The molecule has 2 aromatic heterocycles. The van der Waals surface area contributed by atoms with Crippen LogP contribution in [0.3, 0.4) is 0 Å². The lowest BCUT2D eigenvalue weighted by Crippen LogP contribution is -2.35. The summed E-state index contributed by atoms with van der Waals surface area (Å²) in [4.78, 5) is 16.6. The zero-order valence-electron chi connectivity index (χ0n) is 12.4. The van der Waals surface area contributed by atoms with Crippen molar-refractivity contribution in [3.63, 3.8) is 0 Å². The van der Waals surface area contributed by atoms with Crippen molar-refractivity contribution in [2.45, 2.75) is 32.4 Å². The number of rotatable bonds is 6. The van der Waals surface area contributed by atoms with Gasteiger partial charge in [-0.15, -0.1) is 11.3 Å². The molecule has 5 nitrogen and oxygen atoms in total. The predicted molar refractivity (Wildman–Crippen MR) is 87.8 cm³/mol. The van der Waals surface area contributed by atoms with E-state index in [4.69, 9.17) is 0 Å². The number of fused-ring (bicyclic) bond motifs is 1. The van der Waals surface area contributed by atoms with Crippen molar-refractivity contribution >= 4 is 27.5 Å². The van der Waals surface area contributed by atoms with Crippen LogP contribution < -0.4 is 5.32 Å². The molecule has 0 saturated carbocycles. The summed E-state index contributed by atoms with van der Waals surface area (Å²) in [6.45, 7) is 2.66. The van der Waals surface area contributed by atoms with E-state index in [-0.39, 0.29) is 11.9 Å². The number of benzene rings is 1. The maximum Gasteiger partial charge on any atom is 0.220 e. The van der Waals surface area contributed by atoms with Gasteiger partial charge in [-0.3, -0.25) is 9.48 Å². The largest absolute Gasteiger partial charge is 0.352 e. The van der Waals surface area contributed by atoms with E-state index in [0.29, 0.717) is 19.4 Å². The number of para-hydroxylation sites is 1. The monoisotopic (exact) mass is 314 g/mol. The summed E-state index contributed by atoms with van der Waals surface area (Å²) in [5.41, 5.74) is 1.01. The molecular weight excluding hydrogens is 296 g/mol. The summed E-state index contributed by atoms with van der Waals surface area (Å²) in [7, 11) is 0. The third-order valence-electron chi connectivity index (χ3n) is 3.33. The molecule has 1 atom stereocenters. The molecule has 3 rings (SSSR count). The molecule has 0 aliphatic heterocycles. The first-order valence-corrected chi connectivity index (χ1v) is 8.13. The van der Waals surface area contributed by atoms with E-state index < -0.39 is 0 Å². The van der Waals surface area contributed by atoms with Crippen LogP contribution in [0.5, 0.6) is 0 Å². The molecular formula is C16H18N4OS. The lowest BCUT2D eigenvalue weighted by Gasteiger charge is -2.13. The number of aryl methyl sites for hydroxylation is 1. The first-order valence-electron chi connectivity index (χ1n) is 7.32. The average molecular weight is 314 g/mol. The molecule has 22 heavy (non-hydrogen) atoms. The molecule has 0 saturated heterocycles. The Balaban J connectivity index is 1.49. The predicted octanol–water partition coefficient (Wildman–Crippen LogP) is 2.63. The van der Waals surface area contributed by atoms with Crippen molar-refractivity contribution in [3.05, 3.63) is 47.7 Å². The molecule has 0 aliphatic carbocycles. The highest BCUT2D eigenvalue weighted by Crippen LogP contribution is 2.22. The molecule has 1 N–H and O–H groups in total. The Morgan fingerprint density at radius 1 is 1.36 bits per heavy atom. The minimum Gasteiger partial charge on any atom is -0.352 e. The van der Waals surface area contributed by atoms with Crippen molar-refractivity contribution in [1.82, 2.24) is 20.1 Å². The van der Waals surface area contributed by atoms with Gasteiger partial charge >= 0.3 is 0 Å². The maximum absolute atomic E-state index is 12.0. The van der Waals surface area contributed by atoms with Crippen LogP contribution in [0.2, 0.25) is 0 Å². The van der Waals surface area contributed by atoms with Gasteiger partial charge in [0.15, 0.2) is 0 Å². The van der Waals surface area contributed by atoms with Crippen LogP contribution in [0.25, 0.3) is 10.2 Å². The lowest BCUT2D eigenvalue weighted by molar-refractivity contribution is -0.121. The van der Waals surface area contributed by atoms with Gasteiger partial charge in [-0.05, 0) is 25.1 Å². The third kappa shape index (κ3) is 3.71. The molecule has 0 radical (unpaired) electrons. The van der Waals surface area contributed by atoms with E-state index >= 15 is 0 Å². The molecule has 0 aliphatic rings. The van der Waals surface area contributed by atoms with Crippen molar-refractivity contribution < 1.29 is 4.79 Å². The maximum atomic E-state index is 12.0. The van der Waals surface area contributed by atoms with Crippen LogP contribution in [-0.2, 0) is 17.8 Å². The molecule has 2 heterocycles. The van der Waals surface area contributed by atoms with E-state index in [2.05, 4.69) is 21.5 Å².